The number of nitrogens with zero attached hydrogens (tertiary/aromatic N) is 1. The second kappa shape index (κ2) is 8.07. The van der Waals surface area contributed by atoms with Crippen molar-refractivity contribution in [3.8, 4) is 5.75 Å². The lowest BCUT2D eigenvalue weighted by Gasteiger charge is -2.15. The van der Waals surface area contributed by atoms with Gasteiger partial charge in [-0.05, 0) is 49.2 Å². The largest absolute Gasteiger partial charge is 0.482 e. The number of halogens is 1. The summed E-state index contributed by atoms with van der Waals surface area (Å²) in [5.74, 6) is 0.0661. The third-order valence-electron chi connectivity index (χ3n) is 4.04. The number of benzene rings is 2. The average molecular weight is 395 g/mol. The molecule has 1 N–H and O–H groups in total. The number of hydrogen-bond acceptors (Lipinski definition) is 4. The van der Waals surface area contributed by atoms with Crippen LogP contribution in [0.3, 0.4) is 0 Å². The molecule has 3 rings (SSSR count). The highest BCUT2D eigenvalue weighted by molar-refractivity contribution is 7.89. The van der Waals surface area contributed by atoms with E-state index in [4.69, 9.17) is 16.3 Å². The highest BCUT2D eigenvalue weighted by Crippen LogP contribution is 2.24. The smallest absolute Gasteiger partial charge is 0.262 e. The third-order valence-corrected chi connectivity index (χ3v) is 6.26. The van der Waals surface area contributed by atoms with E-state index in [0.29, 0.717) is 29.5 Å². The fraction of sp³-hybridized carbons (Fsp3) is 0.278. The van der Waals surface area contributed by atoms with Crippen LogP contribution in [0.25, 0.3) is 0 Å². The minimum absolute atomic E-state index is 0.197. The van der Waals surface area contributed by atoms with Crippen LogP contribution in [0.1, 0.15) is 12.8 Å². The molecular weight excluding hydrogens is 376 g/mol. The van der Waals surface area contributed by atoms with E-state index in [1.807, 2.05) is 0 Å². The number of amides is 1. The summed E-state index contributed by atoms with van der Waals surface area (Å²) >= 11 is 5.96. The van der Waals surface area contributed by atoms with Gasteiger partial charge >= 0.3 is 0 Å². The lowest BCUT2D eigenvalue weighted by molar-refractivity contribution is -0.118. The summed E-state index contributed by atoms with van der Waals surface area (Å²) in [7, 11) is -3.45. The van der Waals surface area contributed by atoms with Crippen molar-refractivity contribution in [3.63, 3.8) is 0 Å². The molecule has 0 atom stereocenters. The molecular formula is C18H19ClN2O4S. The van der Waals surface area contributed by atoms with Crippen LogP contribution >= 0.6 is 11.6 Å². The van der Waals surface area contributed by atoms with Crippen molar-refractivity contribution in [2.45, 2.75) is 17.7 Å². The van der Waals surface area contributed by atoms with Crippen molar-refractivity contribution in [3.05, 3.63) is 53.6 Å². The Morgan fingerprint density at radius 3 is 2.38 bits per heavy atom. The Bertz CT molecular complexity index is 878. The van der Waals surface area contributed by atoms with E-state index in [0.717, 1.165) is 12.8 Å². The van der Waals surface area contributed by atoms with Gasteiger partial charge in [0, 0.05) is 18.8 Å². The van der Waals surface area contributed by atoms with Gasteiger partial charge in [-0.25, -0.2) is 8.42 Å². The molecule has 1 fully saturated rings. The molecule has 0 saturated carbocycles. The van der Waals surface area contributed by atoms with Gasteiger partial charge in [-0.3, -0.25) is 4.79 Å². The Kier molecular flexibility index (Phi) is 5.80. The molecule has 0 unspecified atom stereocenters. The van der Waals surface area contributed by atoms with Gasteiger partial charge in [-0.15, -0.1) is 0 Å². The topological polar surface area (TPSA) is 75.7 Å². The fourth-order valence-electron chi connectivity index (χ4n) is 2.69. The maximum atomic E-state index is 12.5. The molecule has 1 amide bonds. The molecule has 1 saturated heterocycles. The predicted molar refractivity (Wildman–Crippen MR) is 100 cm³/mol. The molecule has 1 aliphatic rings. The lowest BCUT2D eigenvalue weighted by Crippen LogP contribution is -2.27. The first kappa shape index (κ1) is 18.7. The fourth-order valence-corrected chi connectivity index (χ4v) is 4.40. The molecule has 0 bridgehead atoms. The molecule has 2 aromatic carbocycles. The Morgan fingerprint density at radius 2 is 1.73 bits per heavy atom. The number of sulfonamides is 1. The van der Waals surface area contributed by atoms with Crippen LogP contribution in [0, 0.1) is 0 Å². The zero-order valence-electron chi connectivity index (χ0n) is 14.0. The molecule has 1 aliphatic heterocycles. The van der Waals surface area contributed by atoms with Gasteiger partial charge in [-0.1, -0.05) is 23.7 Å². The lowest BCUT2D eigenvalue weighted by atomic mass is 10.3. The molecule has 0 aromatic heterocycles. The SMILES string of the molecule is O=C(COc1ccccc1Cl)Nc1ccc(S(=O)(=O)N2CCCC2)cc1. The summed E-state index contributed by atoms with van der Waals surface area (Å²) in [6.45, 7) is 0.915. The van der Waals surface area contributed by atoms with Crippen molar-refractivity contribution < 1.29 is 17.9 Å². The second-order valence-corrected chi connectivity index (χ2v) is 8.25. The first-order chi connectivity index (χ1) is 12.5. The Morgan fingerprint density at radius 1 is 1.08 bits per heavy atom. The summed E-state index contributed by atoms with van der Waals surface area (Å²) in [6.07, 6.45) is 1.78. The zero-order valence-corrected chi connectivity index (χ0v) is 15.6. The van der Waals surface area contributed by atoms with Gasteiger partial charge in [0.2, 0.25) is 10.0 Å². The van der Waals surface area contributed by atoms with Crippen LogP contribution in [-0.2, 0) is 14.8 Å². The summed E-state index contributed by atoms with van der Waals surface area (Å²) < 4.78 is 31.8. The Hall–Kier alpha value is -2.09. The van der Waals surface area contributed by atoms with Crippen LogP contribution in [0.5, 0.6) is 5.75 Å². The normalized spacial score (nSPS) is 15.0. The summed E-state index contributed by atoms with van der Waals surface area (Å²) in [4.78, 5) is 12.2. The van der Waals surface area contributed by atoms with Crippen LogP contribution in [-0.4, -0.2) is 38.3 Å². The highest BCUT2D eigenvalue weighted by atomic mass is 35.5. The number of ether oxygens (including phenoxy) is 1. The van der Waals surface area contributed by atoms with E-state index in [1.54, 1.807) is 36.4 Å². The number of rotatable bonds is 6. The van der Waals surface area contributed by atoms with Gasteiger partial charge in [-0.2, -0.15) is 4.31 Å². The quantitative estimate of drug-likeness (QED) is 0.816. The van der Waals surface area contributed by atoms with Crippen LogP contribution in [0.15, 0.2) is 53.4 Å². The maximum absolute atomic E-state index is 12.5. The number of para-hydroxylation sites is 1. The molecule has 0 radical (unpaired) electrons. The van der Waals surface area contributed by atoms with Crippen LogP contribution in [0.4, 0.5) is 5.69 Å². The summed E-state index contributed by atoms with van der Waals surface area (Å²) in [5.41, 5.74) is 0.498. The average Bonchev–Trinajstić information content (AvgIpc) is 3.17. The van der Waals surface area contributed by atoms with Crippen LogP contribution in [0.2, 0.25) is 5.02 Å². The molecule has 6 nitrogen and oxygen atoms in total. The van der Waals surface area contributed by atoms with Crippen molar-refractivity contribution >= 4 is 33.2 Å². The molecule has 8 heteroatoms. The van der Waals surface area contributed by atoms with E-state index in [1.165, 1.54) is 16.4 Å². The van der Waals surface area contributed by atoms with Gasteiger partial charge in [0.1, 0.15) is 5.75 Å². The van der Waals surface area contributed by atoms with Gasteiger partial charge in [0.25, 0.3) is 5.91 Å². The van der Waals surface area contributed by atoms with E-state index in [-0.39, 0.29) is 17.4 Å². The minimum Gasteiger partial charge on any atom is -0.482 e. The molecule has 0 spiro atoms. The summed E-state index contributed by atoms with van der Waals surface area (Å²) in [5, 5.41) is 3.09. The predicted octanol–water partition coefficient (Wildman–Crippen LogP) is 3.14. The number of anilines is 1. The monoisotopic (exact) mass is 394 g/mol. The van der Waals surface area contributed by atoms with Gasteiger partial charge < -0.3 is 10.1 Å². The first-order valence-corrected chi connectivity index (χ1v) is 10.1. The number of carbonyl (C=O) groups excluding carboxylic acids is 1. The van der Waals surface area contributed by atoms with Crippen molar-refractivity contribution in [1.82, 2.24) is 4.31 Å². The van der Waals surface area contributed by atoms with E-state index < -0.39 is 10.0 Å². The minimum atomic E-state index is -3.45. The molecule has 0 aliphatic carbocycles. The third kappa shape index (κ3) is 4.35. The summed E-state index contributed by atoms with van der Waals surface area (Å²) in [6, 6.07) is 13.0. The zero-order chi connectivity index (χ0) is 18.6. The van der Waals surface area contributed by atoms with Crippen LogP contribution < -0.4 is 10.1 Å². The number of nitrogens with one attached hydrogen (secondary N) is 1. The number of carbonyl (C=O) groups is 1. The Labute approximate surface area is 157 Å². The van der Waals surface area contributed by atoms with Crippen molar-refractivity contribution in [2.75, 3.05) is 25.0 Å². The highest BCUT2D eigenvalue weighted by Gasteiger charge is 2.26. The molecule has 1 heterocycles. The molecule has 2 aromatic rings. The molecule has 138 valence electrons. The second-order valence-electron chi connectivity index (χ2n) is 5.90. The van der Waals surface area contributed by atoms with E-state index in [9.17, 15) is 13.2 Å². The first-order valence-electron chi connectivity index (χ1n) is 8.24. The maximum Gasteiger partial charge on any atom is 0.262 e. The van der Waals surface area contributed by atoms with Crippen molar-refractivity contribution in [1.29, 1.82) is 0 Å². The Balaban J connectivity index is 1.58. The van der Waals surface area contributed by atoms with Crippen molar-refractivity contribution in [2.24, 2.45) is 0 Å². The van der Waals surface area contributed by atoms with E-state index >= 15 is 0 Å². The van der Waals surface area contributed by atoms with Gasteiger partial charge in [0.15, 0.2) is 6.61 Å². The van der Waals surface area contributed by atoms with Gasteiger partial charge in [0.05, 0.1) is 9.92 Å². The van der Waals surface area contributed by atoms with E-state index in [2.05, 4.69) is 5.32 Å². The number of hydrogen-bond donors (Lipinski definition) is 1. The standard InChI is InChI=1S/C18H19ClN2O4S/c19-16-5-1-2-6-17(16)25-13-18(22)20-14-7-9-15(10-8-14)26(23,24)21-11-3-4-12-21/h1-2,5-10H,3-4,11-13H2,(H,20,22). The molecule has 26 heavy (non-hydrogen) atoms.